The number of carbonyl (C=O) groups is 2. The fourth-order valence-corrected chi connectivity index (χ4v) is 1.51. The minimum atomic E-state index is -0.717. The van der Waals surface area contributed by atoms with Crippen molar-refractivity contribution in [3.8, 4) is 0 Å². The van der Waals surface area contributed by atoms with Crippen molar-refractivity contribution < 1.29 is 19.1 Å². The summed E-state index contributed by atoms with van der Waals surface area (Å²) in [7, 11) is 3.76. The van der Waals surface area contributed by atoms with Crippen molar-refractivity contribution in [2.24, 2.45) is 0 Å². The highest BCUT2D eigenvalue weighted by Crippen LogP contribution is 2.15. The maximum atomic E-state index is 11.4. The second-order valence-electron chi connectivity index (χ2n) is 4.68. The number of carbonyl (C=O) groups excluding carboxylic acids is 2. The van der Waals surface area contributed by atoms with Crippen LogP contribution in [0, 0.1) is 0 Å². The number of hydrogen-bond acceptors (Lipinski definition) is 5. The molecule has 7 heteroatoms. The minimum Gasteiger partial charge on any atom is -0.472 e. The quantitative estimate of drug-likeness (QED) is 0.586. The van der Waals surface area contributed by atoms with Gasteiger partial charge in [-0.2, -0.15) is 0 Å². The van der Waals surface area contributed by atoms with E-state index in [1.165, 1.54) is 12.5 Å². The lowest BCUT2D eigenvalue weighted by atomic mass is 10.1. The Bertz CT molecular complexity index is 417. The molecule has 3 N–H and O–H groups in total. The molecule has 0 bridgehead atoms. The van der Waals surface area contributed by atoms with Gasteiger partial charge in [0, 0.05) is 25.2 Å². The Kier molecular flexibility index (Phi) is 6.75. The number of furan rings is 1. The first-order valence-electron chi connectivity index (χ1n) is 6.41. The lowest BCUT2D eigenvalue weighted by Crippen LogP contribution is -2.42. The molecular weight excluding hydrogens is 262 g/mol. The molecule has 0 saturated carbocycles. The Balaban J connectivity index is 2.17. The van der Waals surface area contributed by atoms with Gasteiger partial charge in [0.25, 0.3) is 0 Å². The van der Waals surface area contributed by atoms with Crippen LogP contribution in [0.25, 0.3) is 0 Å². The predicted molar refractivity (Wildman–Crippen MR) is 72.9 cm³/mol. The normalized spacial score (nSPS) is 12.2. The molecule has 0 spiro atoms. The number of aliphatic hydroxyl groups excluding tert-OH is 1. The van der Waals surface area contributed by atoms with Crippen LogP contribution in [0.4, 0.5) is 0 Å². The molecule has 7 nitrogen and oxygen atoms in total. The van der Waals surface area contributed by atoms with Crippen LogP contribution in [-0.2, 0) is 9.59 Å². The first-order valence-corrected chi connectivity index (χ1v) is 6.41. The van der Waals surface area contributed by atoms with Crippen LogP contribution in [-0.4, -0.2) is 55.6 Å². The Hall–Kier alpha value is -1.86. The second-order valence-corrected chi connectivity index (χ2v) is 4.68. The Morgan fingerprint density at radius 1 is 1.30 bits per heavy atom. The molecule has 0 fully saturated rings. The Morgan fingerprint density at radius 2 is 1.95 bits per heavy atom. The van der Waals surface area contributed by atoms with Gasteiger partial charge < -0.3 is 25.1 Å². The van der Waals surface area contributed by atoms with Crippen molar-refractivity contribution in [2.45, 2.75) is 12.5 Å². The van der Waals surface area contributed by atoms with E-state index in [1.54, 1.807) is 6.07 Å². The van der Waals surface area contributed by atoms with Crippen LogP contribution in [0.1, 0.15) is 18.1 Å². The molecular formula is C13H21N3O4. The summed E-state index contributed by atoms with van der Waals surface area (Å²) < 4.78 is 4.85. The van der Waals surface area contributed by atoms with Crippen molar-refractivity contribution in [1.82, 2.24) is 15.5 Å². The maximum absolute atomic E-state index is 11.4. The summed E-state index contributed by atoms with van der Waals surface area (Å²) in [5, 5.41) is 14.7. The zero-order chi connectivity index (χ0) is 15.0. The lowest BCUT2D eigenvalue weighted by molar-refractivity contribution is -0.139. The molecule has 2 amide bonds. The van der Waals surface area contributed by atoms with E-state index in [-0.39, 0.29) is 6.54 Å². The fraction of sp³-hybridized carbons (Fsp3) is 0.538. The second kappa shape index (κ2) is 8.34. The summed E-state index contributed by atoms with van der Waals surface area (Å²) in [5.41, 5.74) is 0.648. The summed E-state index contributed by atoms with van der Waals surface area (Å²) in [6.07, 6.45) is 2.51. The van der Waals surface area contributed by atoms with E-state index in [9.17, 15) is 14.7 Å². The highest BCUT2D eigenvalue weighted by atomic mass is 16.3. The van der Waals surface area contributed by atoms with E-state index < -0.39 is 17.9 Å². The first-order chi connectivity index (χ1) is 9.50. The molecule has 1 aromatic heterocycles. The van der Waals surface area contributed by atoms with E-state index >= 15 is 0 Å². The lowest BCUT2D eigenvalue weighted by Gasteiger charge is -2.11. The standard InChI is InChI=1S/C13H21N3O4/c1-16(2)7-6-15-13(19)12(18)14-5-3-11(17)10-4-8-20-9-10/h4,8-9,11,17H,3,5-7H2,1-2H3,(H,14,18)(H,15,19)/t11-/m1/s1. The Labute approximate surface area is 117 Å². The van der Waals surface area contributed by atoms with Gasteiger partial charge in [-0.3, -0.25) is 9.59 Å². The van der Waals surface area contributed by atoms with Crippen molar-refractivity contribution >= 4 is 11.8 Å². The highest BCUT2D eigenvalue weighted by molar-refractivity contribution is 6.35. The number of likely N-dealkylation sites (N-methyl/N-ethyl adjacent to an activating group) is 1. The molecule has 1 atom stereocenters. The molecule has 0 aromatic carbocycles. The molecule has 0 aliphatic heterocycles. The van der Waals surface area contributed by atoms with Crippen LogP contribution in [0.5, 0.6) is 0 Å². The zero-order valence-electron chi connectivity index (χ0n) is 11.8. The van der Waals surface area contributed by atoms with E-state index in [0.717, 1.165) is 0 Å². The average molecular weight is 283 g/mol. The molecule has 0 aliphatic carbocycles. The smallest absolute Gasteiger partial charge is 0.309 e. The molecule has 0 aliphatic rings. The van der Waals surface area contributed by atoms with Gasteiger partial charge in [0.1, 0.15) is 0 Å². The van der Waals surface area contributed by atoms with Gasteiger partial charge in [0.15, 0.2) is 0 Å². The van der Waals surface area contributed by atoms with Crippen molar-refractivity contribution in [1.29, 1.82) is 0 Å². The summed E-state index contributed by atoms with van der Waals surface area (Å²) in [5.74, 6) is -1.35. The molecule has 0 saturated heterocycles. The van der Waals surface area contributed by atoms with Crippen LogP contribution >= 0.6 is 0 Å². The van der Waals surface area contributed by atoms with Gasteiger partial charge in [-0.1, -0.05) is 0 Å². The van der Waals surface area contributed by atoms with Crippen molar-refractivity contribution in [3.63, 3.8) is 0 Å². The highest BCUT2D eigenvalue weighted by Gasteiger charge is 2.14. The van der Waals surface area contributed by atoms with Crippen LogP contribution in [0.3, 0.4) is 0 Å². The van der Waals surface area contributed by atoms with Gasteiger partial charge in [0.2, 0.25) is 0 Å². The Morgan fingerprint density at radius 3 is 2.50 bits per heavy atom. The van der Waals surface area contributed by atoms with Gasteiger partial charge in [0.05, 0.1) is 18.6 Å². The van der Waals surface area contributed by atoms with E-state index in [2.05, 4.69) is 10.6 Å². The number of nitrogens with zero attached hydrogens (tertiary/aromatic N) is 1. The largest absolute Gasteiger partial charge is 0.472 e. The average Bonchev–Trinajstić information content (AvgIpc) is 2.91. The molecule has 20 heavy (non-hydrogen) atoms. The van der Waals surface area contributed by atoms with Gasteiger partial charge in [-0.15, -0.1) is 0 Å². The zero-order valence-corrected chi connectivity index (χ0v) is 11.8. The molecule has 112 valence electrons. The molecule has 0 unspecified atom stereocenters. The fourth-order valence-electron chi connectivity index (χ4n) is 1.51. The first kappa shape index (κ1) is 16.2. The van der Waals surface area contributed by atoms with Crippen molar-refractivity contribution in [2.75, 3.05) is 33.7 Å². The molecule has 1 aromatic rings. The third-order valence-corrected chi connectivity index (χ3v) is 2.68. The number of aliphatic hydroxyl groups is 1. The third-order valence-electron chi connectivity index (χ3n) is 2.68. The minimum absolute atomic E-state index is 0.215. The summed E-state index contributed by atoms with van der Waals surface area (Å²) in [6, 6.07) is 1.65. The van der Waals surface area contributed by atoms with Gasteiger partial charge in [-0.25, -0.2) is 0 Å². The van der Waals surface area contributed by atoms with Gasteiger partial charge in [-0.05, 0) is 26.6 Å². The van der Waals surface area contributed by atoms with Crippen LogP contribution in [0.15, 0.2) is 23.0 Å². The molecule has 1 rings (SSSR count). The van der Waals surface area contributed by atoms with E-state index in [4.69, 9.17) is 4.42 Å². The van der Waals surface area contributed by atoms with Crippen LogP contribution < -0.4 is 10.6 Å². The predicted octanol–water partition coefficient (Wildman–Crippen LogP) is -0.503. The number of rotatable bonds is 7. The number of amides is 2. The number of nitrogens with one attached hydrogen (secondary N) is 2. The maximum Gasteiger partial charge on any atom is 0.309 e. The summed E-state index contributed by atoms with van der Waals surface area (Å²) >= 11 is 0. The third kappa shape index (κ3) is 5.85. The van der Waals surface area contributed by atoms with Gasteiger partial charge >= 0.3 is 11.8 Å². The number of hydrogen-bond donors (Lipinski definition) is 3. The van der Waals surface area contributed by atoms with Crippen molar-refractivity contribution in [3.05, 3.63) is 24.2 Å². The van der Waals surface area contributed by atoms with E-state index in [0.29, 0.717) is 25.1 Å². The van der Waals surface area contributed by atoms with E-state index in [1.807, 2.05) is 19.0 Å². The molecule has 0 radical (unpaired) electrons. The summed E-state index contributed by atoms with van der Waals surface area (Å²) in [4.78, 5) is 24.8. The monoisotopic (exact) mass is 283 g/mol. The van der Waals surface area contributed by atoms with Crippen LogP contribution in [0.2, 0.25) is 0 Å². The SMILES string of the molecule is CN(C)CCNC(=O)C(=O)NCC[C@@H](O)c1ccoc1. The molecule has 1 heterocycles. The summed E-state index contributed by atoms with van der Waals surface area (Å²) in [6.45, 7) is 1.29. The topological polar surface area (TPSA) is 94.8 Å².